The van der Waals surface area contributed by atoms with Crippen LogP contribution in [-0.4, -0.2) is 17.0 Å². The van der Waals surface area contributed by atoms with E-state index in [1.54, 1.807) is 19.1 Å². The summed E-state index contributed by atoms with van der Waals surface area (Å²) in [6.07, 6.45) is 1.37. The molecular weight excluding hydrogens is 249 g/mol. The zero-order chi connectivity index (χ0) is 14.0. The highest BCUT2D eigenvalue weighted by molar-refractivity contribution is 5.94. The molecule has 0 spiro atoms. The SMILES string of the molecule is Cc1cccc(F)c1NC(=O)C1CCC(C(=O)O)C1. The van der Waals surface area contributed by atoms with Crippen LogP contribution in [0.2, 0.25) is 0 Å². The Morgan fingerprint density at radius 3 is 2.58 bits per heavy atom. The fourth-order valence-electron chi connectivity index (χ4n) is 2.46. The van der Waals surface area contributed by atoms with Crippen molar-refractivity contribution >= 4 is 17.6 Å². The van der Waals surface area contributed by atoms with Gasteiger partial charge in [-0.1, -0.05) is 12.1 Å². The Labute approximate surface area is 110 Å². The molecule has 19 heavy (non-hydrogen) atoms. The summed E-state index contributed by atoms with van der Waals surface area (Å²) in [7, 11) is 0. The minimum atomic E-state index is -0.864. The summed E-state index contributed by atoms with van der Waals surface area (Å²) in [6, 6.07) is 4.58. The number of aliphatic carboxylic acids is 1. The lowest BCUT2D eigenvalue weighted by atomic mass is 10.0. The molecule has 1 amide bonds. The highest BCUT2D eigenvalue weighted by atomic mass is 19.1. The number of hydrogen-bond donors (Lipinski definition) is 2. The Balaban J connectivity index is 2.04. The second kappa shape index (κ2) is 5.38. The number of rotatable bonds is 3. The van der Waals surface area contributed by atoms with E-state index in [-0.39, 0.29) is 17.5 Å². The normalized spacial score (nSPS) is 22.2. The van der Waals surface area contributed by atoms with Crippen LogP contribution in [-0.2, 0) is 9.59 Å². The van der Waals surface area contributed by atoms with Gasteiger partial charge < -0.3 is 10.4 Å². The zero-order valence-electron chi connectivity index (χ0n) is 10.6. The van der Waals surface area contributed by atoms with Crippen LogP contribution >= 0.6 is 0 Å². The molecule has 1 saturated carbocycles. The van der Waals surface area contributed by atoms with Gasteiger partial charge >= 0.3 is 5.97 Å². The third-order valence-electron chi connectivity index (χ3n) is 3.62. The molecule has 0 heterocycles. The maximum Gasteiger partial charge on any atom is 0.306 e. The average Bonchev–Trinajstić information content (AvgIpc) is 2.83. The van der Waals surface area contributed by atoms with Gasteiger partial charge in [-0.05, 0) is 37.8 Å². The third kappa shape index (κ3) is 2.92. The smallest absolute Gasteiger partial charge is 0.306 e. The quantitative estimate of drug-likeness (QED) is 0.882. The predicted octanol–water partition coefficient (Wildman–Crippen LogP) is 2.57. The van der Waals surface area contributed by atoms with Gasteiger partial charge in [-0.2, -0.15) is 0 Å². The second-order valence-corrected chi connectivity index (χ2v) is 4.97. The number of nitrogens with one attached hydrogen (secondary N) is 1. The predicted molar refractivity (Wildman–Crippen MR) is 68.2 cm³/mol. The molecule has 2 N–H and O–H groups in total. The van der Waals surface area contributed by atoms with E-state index in [1.165, 1.54) is 6.07 Å². The summed E-state index contributed by atoms with van der Waals surface area (Å²) in [4.78, 5) is 22.9. The van der Waals surface area contributed by atoms with Crippen molar-refractivity contribution in [2.24, 2.45) is 11.8 Å². The van der Waals surface area contributed by atoms with Crippen molar-refractivity contribution < 1.29 is 19.1 Å². The number of carbonyl (C=O) groups excluding carboxylic acids is 1. The minimum absolute atomic E-state index is 0.186. The van der Waals surface area contributed by atoms with E-state index in [0.717, 1.165) is 0 Å². The van der Waals surface area contributed by atoms with Crippen LogP contribution in [0.3, 0.4) is 0 Å². The van der Waals surface area contributed by atoms with E-state index in [9.17, 15) is 14.0 Å². The molecule has 5 heteroatoms. The first-order valence-corrected chi connectivity index (χ1v) is 6.28. The first-order chi connectivity index (χ1) is 8.99. The van der Waals surface area contributed by atoms with Gasteiger partial charge in [0.05, 0.1) is 11.6 Å². The molecule has 2 rings (SSSR count). The number of carbonyl (C=O) groups is 2. The molecule has 2 unspecified atom stereocenters. The Morgan fingerprint density at radius 1 is 1.32 bits per heavy atom. The Morgan fingerprint density at radius 2 is 2.00 bits per heavy atom. The Kier molecular flexibility index (Phi) is 3.83. The molecule has 2 atom stereocenters. The van der Waals surface area contributed by atoms with E-state index in [4.69, 9.17) is 5.11 Å². The lowest BCUT2D eigenvalue weighted by molar-refractivity contribution is -0.141. The summed E-state index contributed by atoms with van der Waals surface area (Å²) < 4.78 is 13.6. The standard InChI is InChI=1S/C14H16FNO3/c1-8-3-2-4-11(15)12(8)16-13(17)9-5-6-10(7-9)14(18)19/h2-4,9-10H,5-7H2,1H3,(H,16,17)(H,18,19). The molecule has 1 aromatic rings. The summed E-state index contributed by atoms with van der Waals surface area (Å²) in [6.45, 7) is 1.72. The number of aryl methyl sites for hydroxylation is 1. The third-order valence-corrected chi connectivity index (χ3v) is 3.62. The molecule has 0 aliphatic heterocycles. The van der Waals surface area contributed by atoms with Crippen LogP contribution < -0.4 is 5.32 Å². The van der Waals surface area contributed by atoms with Crippen LogP contribution in [0.15, 0.2) is 18.2 Å². The topological polar surface area (TPSA) is 66.4 Å². The minimum Gasteiger partial charge on any atom is -0.481 e. The molecule has 0 bridgehead atoms. The van der Waals surface area contributed by atoms with E-state index >= 15 is 0 Å². The van der Waals surface area contributed by atoms with Gasteiger partial charge in [0.15, 0.2) is 0 Å². The van der Waals surface area contributed by atoms with Crippen LogP contribution in [0, 0.1) is 24.6 Å². The lowest BCUT2D eigenvalue weighted by Gasteiger charge is -2.13. The number of hydrogen-bond acceptors (Lipinski definition) is 2. The summed E-state index contributed by atoms with van der Waals surface area (Å²) in [5.74, 6) is -2.44. The van der Waals surface area contributed by atoms with Crippen molar-refractivity contribution in [3.8, 4) is 0 Å². The van der Waals surface area contributed by atoms with Gasteiger partial charge in [0.2, 0.25) is 5.91 Å². The largest absolute Gasteiger partial charge is 0.481 e. The molecular formula is C14H16FNO3. The van der Waals surface area contributed by atoms with Crippen molar-refractivity contribution in [1.29, 1.82) is 0 Å². The fourth-order valence-corrected chi connectivity index (χ4v) is 2.46. The van der Waals surface area contributed by atoms with Crippen molar-refractivity contribution in [3.63, 3.8) is 0 Å². The number of anilines is 1. The van der Waals surface area contributed by atoms with E-state index < -0.39 is 17.7 Å². The van der Waals surface area contributed by atoms with Crippen LogP contribution in [0.25, 0.3) is 0 Å². The molecule has 1 aliphatic rings. The Bertz CT molecular complexity index is 495. The van der Waals surface area contributed by atoms with E-state index in [1.807, 2.05) is 0 Å². The van der Waals surface area contributed by atoms with Gasteiger partial charge in [0, 0.05) is 5.92 Å². The number of benzene rings is 1. The summed E-state index contributed by atoms with van der Waals surface area (Å²) in [5, 5.41) is 11.5. The lowest BCUT2D eigenvalue weighted by Crippen LogP contribution is -2.22. The zero-order valence-corrected chi connectivity index (χ0v) is 10.6. The molecule has 0 radical (unpaired) electrons. The molecule has 1 aliphatic carbocycles. The Hall–Kier alpha value is -1.91. The molecule has 102 valence electrons. The van der Waals surface area contributed by atoms with Gasteiger partial charge in [0.25, 0.3) is 0 Å². The first-order valence-electron chi connectivity index (χ1n) is 6.28. The molecule has 4 nitrogen and oxygen atoms in total. The van der Waals surface area contributed by atoms with Crippen molar-refractivity contribution in [2.45, 2.75) is 26.2 Å². The number of carboxylic acid groups (broad SMARTS) is 1. The first kappa shape index (κ1) is 13.5. The maximum absolute atomic E-state index is 13.6. The molecule has 1 aromatic carbocycles. The summed E-state index contributed by atoms with van der Waals surface area (Å²) >= 11 is 0. The fraction of sp³-hybridized carbons (Fsp3) is 0.429. The number of amides is 1. The molecule has 0 aromatic heterocycles. The number of para-hydroxylation sites is 1. The number of carboxylic acids is 1. The van der Waals surface area contributed by atoms with Crippen LogP contribution in [0.5, 0.6) is 0 Å². The molecule has 0 saturated heterocycles. The van der Waals surface area contributed by atoms with Crippen LogP contribution in [0.1, 0.15) is 24.8 Å². The monoisotopic (exact) mass is 265 g/mol. The van der Waals surface area contributed by atoms with Gasteiger partial charge in [-0.3, -0.25) is 9.59 Å². The number of halogens is 1. The molecule has 1 fully saturated rings. The average molecular weight is 265 g/mol. The van der Waals surface area contributed by atoms with Crippen LogP contribution in [0.4, 0.5) is 10.1 Å². The highest BCUT2D eigenvalue weighted by Gasteiger charge is 2.34. The van der Waals surface area contributed by atoms with Gasteiger partial charge in [-0.25, -0.2) is 4.39 Å². The van der Waals surface area contributed by atoms with Crippen molar-refractivity contribution in [3.05, 3.63) is 29.6 Å². The highest BCUT2D eigenvalue weighted by Crippen LogP contribution is 2.32. The summed E-state index contributed by atoms with van der Waals surface area (Å²) in [5.41, 5.74) is 0.840. The maximum atomic E-state index is 13.6. The van der Waals surface area contributed by atoms with E-state index in [2.05, 4.69) is 5.32 Å². The van der Waals surface area contributed by atoms with Crippen molar-refractivity contribution in [1.82, 2.24) is 0 Å². The van der Waals surface area contributed by atoms with Crippen molar-refractivity contribution in [2.75, 3.05) is 5.32 Å². The van der Waals surface area contributed by atoms with Gasteiger partial charge in [0.1, 0.15) is 5.82 Å². The van der Waals surface area contributed by atoms with Gasteiger partial charge in [-0.15, -0.1) is 0 Å². The second-order valence-electron chi connectivity index (χ2n) is 4.97. The van der Waals surface area contributed by atoms with E-state index in [0.29, 0.717) is 24.8 Å².